The maximum absolute atomic E-state index is 12.2. The van der Waals surface area contributed by atoms with Crippen LogP contribution in [0.3, 0.4) is 0 Å². The number of hydrogen-bond donors (Lipinski definition) is 1. The Hall–Kier alpha value is -1.47. The summed E-state index contributed by atoms with van der Waals surface area (Å²) in [7, 11) is 1.57. The molecule has 1 N–H and O–H groups in total. The Morgan fingerprint density at radius 2 is 1.62 bits per heavy atom. The first-order valence-corrected chi connectivity index (χ1v) is 10.8. The molecular weight excluding hydrogens is 374 g/mol. The van der Waals surface area contributed by atoms with Gasteiger partial charge in [-0.25, -0.2) is 0 Å². The van der Waals surface area contributed by atoms with Crippen LogP contribution in [0.4, 0.5) is 0 Å². The third-order valence-corrected chi connectivity index (χ3v) is 5.49. The lowest BCUT2D eigenvalue weighted by molar-refractivity contribution is -0.156. The summed E-state index contributed by atoms with van der Waals surface area (Å²) in [6, 6.07) is 0. The monoisotopic (exact) mass is 413 g/mol. The van der Waals surface area contributed by atoms with E-state index in [2.05, 4.69) is 12.2 Å². The number of nitrogens with one attached hydrogen (secondary N) is 1. The summed E-state index contributed by atoms with van der Waals surface area (Å²) in [5.41, 5.74) is -0.578. The first kappa shape index (κ1) is 25.6. The van der Waals surface area contributed by atoms with Crippen molar-refractivity contribution in [3.63, 3.8) is 0 Å². The zero-order chi connectivity index (χ0) is 21.5. The molecule has 0 aromatic rings. The molecule has 168 valence electrons. The second-order valence-electron chi connectivity index (χ2n) is 8.68. The number of carbonyl (C=O) groups excluding carboxylic acids is 3. The normalized spacial score (nSPS) is 21.2. The summed E-state index contributed by atoms with van der Waals surface area (Å²) < 4.78 is 16.1. The number of rotatable bonds is 15. The Bertz CT molecular complexity index is 490. The van der Waals surface area contributed by atoms with Crippen LogP contribution in [0.1, 0.15) is 65.2 Å². The van der Waals surface area contributed by atoms with Crippen LogP contribution in [-0.2, 0) is 28.6 Å². The molecule has 0 spiro atoms. The topological polar surface area (TPSA) is 90.9 Å². The third kappa shape index (κ3) is 12.0. The zero-order valence-corrected chi connectivity index (χ0v) is 18.4. The molecule has 1 aliphatic carbocycles. The molecule has 1 aliphatic rings. The second-order valence-corrected chi connectivity index (χ2v) is 8.68. The van der Waals surface area contributed by atoms with Gasteiger partial charge in [0.1, 0.15) is 19.5 Å². The van der Waals surface area contributed by atoms with Gasteiger partial charge in [-0.3, -0.25) is 9.59 Å². The Labute approximate surface area is 175 Å². The smallest absolute Gasteiger partial charge is 0.307 e. The molecule has 7 heteroatoms. The molecule has 0 aromatic carbocycles. The van der Waals surface area contributed by atoms with Crippen LogP contribution in [0.25, 0.3) is 0 Å². The fourth-order valence-electron chi connectivity index (χ4n) is 3.54. The summed E-state index contributed by atoms with van der Waals surface area (Å²) >= 11 is 0. The van der Waals surface area contributed by atoms with Crippen LogP contribution < -0.4 is 5.32 Å². The van der Waals surface area contributed by atoms with Gasteiger partial charge in [0.15, 0.2) is 0 Å². The number of methoxy groups -OCH3 is 1. The highest BCUT2D eigenvalue weighted by Crippen LogP contribution is 2.31. The minimum atomic E-state index is -0.578. The SMILES string of the molecule is COCC(C)(COC(=O)CCNCCC=O)COC(=O)CCC1CCC(C)CC1. The lowest BCUT2D eigenvalue weighted by atomic mass is 9.81. The number of esters is 2. The Balaban J connectivity index is 2.27. The summed E-state index contributed by atoms with van der Waals surface area (Å²) in [5.74, 6) is 0.911. The van der Waals surface area contributed by atoms with Gasteiger partial charge in [0.2, 0.25) is 0 Å². The van der Waals surface area contributed by atoms with Crippen LogP contribution in [-0.4, -0.2) is 58.2 Å². The first-order chi connectivity index (χ1) is 13.9. The molecule has 1 fully saturated rings. The van der Waals surface area contributed by atoms with Crippen molar-refractivity contribution in [3.8, 4) is 0 Å². The number of aldehydes is 1. The van der Waals surface area contributed by atoms with Gasteiger partial charge in [-0.05, 0) is 18.3 Å². The van der Waals surface area contributed by atoms with E-state index in [1.807, 2.05) is 6.92 Å². The second kappa shape index (κ2) is 14.5. The van der Waals surface area contributed by atoms with E-state index in [1.165, 1.54) is 25.7 Å². The third-order valence-electron chi connectivity index (χ3n) is 5.49. The molecule has 0 radical (unpaired) electrons. The minimum Gasteiger partial charge on any atom is -0.465 e. The van der Waals surface area contributed by atoms with Crippen molar-refractivity contribution >= 4 is 18.2 Å². The van der Waals surface area contributed by atoms with E-state index in [9.17, 15) is 14.4 Å². The van der Waals surface area contributed by atoms with Crippen molar-refractivity contribution in [2.75, 3.05) is 40.0 Å². The largest absolute Gasteiger partial charge is 0.465 e. The van der Waals surface area contributed by atoms with Crippen molar-refractivity contribution in [1.82, 2.24) is 5.32 Å². The van der Waals surface area contributed by atoms with Gasteiger partial charge in [-0.15, -0.1) is 0 Å². The summed E-state index contributed by atoms with van der Waals surface area (Å²) in [5, 5.41) is 3.00. The first-order valence-electron chi connectivity index (χ1n) is 10.8. The maximum Gasteiger partial charge on any atom is 0.307 e. The van der Waals surface area contributed by atoms with Crippen LogP contribution in [0.2, 0.25) is 0 Å². The lowest BCUT2D eigenvalue weighted by Crippen LogP contribution is -2.36. The number of hydrogen-bond acceptors (Lipinski definition) is 7. The molecule has 0 heterocycles. The fourth-order valence-corrected chi connectivity index (χ4v) is 3.54. The van der Waals surface area contributed by atoms with Crippen LogP contribution >= 0.6 is 0 Å². The highest BCUT2D eigenvalue weighted by molar-refractivity contribution is 5.70. The van der Waals surface area contributed by atoms with Crippen LogP contribution in [0.5, 0.6) is 0 Å². The zero-order valence-electron chi connectivity index (χ0n) is 18.4. The fraction of sp³-hybridized carbons (Fsp3) is 0.864. The van der Waals surface area contributed by atoms with E-state index >= 15 is 0 Å². The standard InChI is InChI=1S/C22H39NO6/c1-18-5-7-19(8-6-18)9-10-20(25)28-16-22(2,15-27-3)17-29-21(26)11-13-23-12-4-14-24/h14,18-19,23H,4-13,15-17H2,1-3H3. The molecule has 1 rings (SSSR count). The molecule has 0 bridgehead atoms. The lowest BCUT2D eigenvalue weighted by Gasteiger charge is -2.28. The molecule has 0 amide bonds. The maximum atomic E-state index is 12.2. The van der Waals surface area contributed by atoms with Gasteiger partial charge in [0, 0.05) is 33.0 Å². The van der Waals surface area contributed by atoms with Gasteiger partial charge in [0.05, 0.1) is 18.4 Å². The van der Waals surface area contributed by atoms with E-state index in [4.69, 9.17) is 14.2 Å². The molecule has 7 nitrogen and oxygen atoms in total. The van der Waals surface area contributed by atoms with Crippen molar-refractivity contribution in [3.05, 3.63) is 0 Å². The summed E-state index contributed by atoms with van der Waals surface area (Å²) in [4.78, 5) is 34.3. The van der Waals surface area contributed by atoms with Gasteiger partial charge in [0.25, 0.3) is 0 Å². The molecule has 1 unspecified atom stereocenters. The molecule has 0 aliphatic heterocycles. The number of carbonyl (C=O) groups is 3. The van der Waals surface area contributed by atoms with Crippen molar-refractivity contribution in [2.45, 2.75) is 65.2 Å². The van der Waals surface area contributed by atoms with E-state index in [1.54, 1.807) is 7.11 Å². The Morgan fingerprint density at radius 1 is 1.00 bits per heavy atom. The van der Waals surface area contributed by atoms with E-state index in [-0.39, 0.29) is 31.6 Å². The minimum absolute atomic E-state index is 0.127. The highest BCUT2D eigenvalue weighted by atomic mass is 16.6. The van der Waals surface area contributed by atoms with Crippen molar-refractivity contribution in [2.24, 2.45) is 17.3 Å². The summed E-state index contributed by atoms with van der Waals surface area (Å²) in [6.45, 7) is 5.79. The molecule has 1 atom stereocenters. The predicted octanol–water partition coefficient (Wildman–Crippen LogP) is 2.90. The molecular formula is C22H39NO6. The molecule has 0 saturated heterocycles. The van der Waals surface area contributed by atoms with Crippen LogP contribution in [0, 0.1) is 17.3 Å². The van der Waals surface area contributed by atoms with E-state index in [0.29, 0.717) is 38.5 Å². The Morgan fingerprint density at radius 3 is 2.21 bits per heavy atom. The van der Waals surface area contributed by atoms with Gasteiger partial charge in [-0.1, -0.05) is 39.5 Å². The van der Waals surface area contributed by atoms with E-state index < -0.39 is 5.41 Å². The molecule has 29 heavy (non-hydrogen) atoms. The number of ether oxygens (including phenoxy) is 3. The van der Waals surface area contributed by atoms with Crippen molar-refractivity contribution < 1.29 is 28.6 Å². The van der Waals surface area contributed by atoms with Gasteiger partial charge < -0.3 is 24.3 Å². The van der Waals surface area contributed by atoms with Gasteiger partial charge in [-0.2, -0.15) is 0 Å². The molecule has 0 aromatic heterocycles. The van der Waals surface area contributed by atoms with E-state index in [0.717, 1.165) is 18.6 Å². The highest BCUT2D eigenvalue weighted by Gasteiger charge is 2.29. The predicted molar refractivity (Wildman–Crippen MR) is 110 cm³/mol. The quantitative estimate of drug-likeness (QED) is 0.251. The van der Waals surface area contributed by atoms with Gasteiger partial charge >= 0.3 is 11.9 Å². The molecule has 1 saturated carbocycles. The van der Waals surface area contributed by atoms with Crippen LogP contribution in [0.15, 0.2) is 0 Å². The average molecular weight is 414 g/mol. The van der Waals surface area contributed by atoms with Crippen molar-refractivity contribution in [1.29, 1.82) is 0 Å². The Kier molecular flexibility index (Phi) is 12.8. The summed E-state index contributed by atoms with van der Waals surface area (Å²) in [6.07, 6.45) is 7.72. The average Bonchev–Trinajstić information content (AvgIpc) is 2.70.